The molecule has 3 atom stereocenters. The van der Waals surface area contributed by atoms with E-state index in [2.05, 4.69) is 4.90 Å². The van der Waals surface area contributed by atoms with Gasteiger partial charge in [-0.15, -0.1) is 0 Å². The van der Waals surface area contributed by atoms with Gasteiger partial charge in [-0.25, -0.2) is 12.7 Å². The van der Waals surface area contributed by atoms with Crippen molar-refractivity contribution in [3.63, 3.8) is 0 Å². The van der Waals surface area contributed by atoms with Gasteiger partial charge in [0.15, 0.2) is 0 Å². The van der Waals surface area contributed by atoms with Crippen molar-refractivity contribution >= 4 is 10.0 Å². The molecule has 2 fully saturated rings. The smallest absolute Gasteiger partial charge is 0.211 e. The van der Waals surface area contributed by atoms with Gasteiger partial charge in [-0.1, -0.05) is 6.42 Å². The second-order valence-corrected chi connectivity index (χ2v) is 8.84. The number of aliphatic hydroxyl groups excluding tert-OH is 1. The van der Waals surface area contributed by atoms with Crippen LogP contribution in [0.2, 0.25) is 0 Å². The zero-order valence-corrected chi connectivity index (χ0v) is 14.2. The van der Waals surface area contributed by atoms with Crippen molar-refractivity contribution in [1.82, 2.24) is 9.21 Å². The van der Waals surface area contributed by atoms with Gasteiger partial charge in [-0.05, 0) is 51.5 Å². The second-order valence-electron chi connectivity index (χ2n) is 6.86. The summed E-state index contributed by atoms with van der Waals surface area (Å²) in [6.45, 7) is 5.26. The Balaban J connectivity index is 1.92. The highest BCUT2D eigenvalue weighted by Crippen LogP contribution is 2.25. The summed E-state index contributed by atoms with van der Waals surface area (Å²) in [6.07, 6.45) is 7.60. The molecule has 2 rings (SSSR count). The van der Waals surface area contributed by atoms with Gasteiger partial charge in [0.25, 0.3) is 0 Å². The quantitative estimate of drug-likeness (QED) is 0.829. The summed E-state index contributed by atoms with van der Waals surface area (Å²) in [5.74, 6) is 0.433. The van der Waals surface area contributed by atoms with Crippen molar-refractivity contribution in [2.24, 2.45) is 5.92 Å². The van der Waals surface area contributed by atoms with Crippen LogP contribution in [-0.4, -0.2) is 67.3 Å². The lowest BCUT2D eigenvalue weighted by Crippen LogP contribution is -2.48. The van der Waals surface area contributed by atoms with E-state index in [1.54, 1.807) is 4.31 Å². The molecule has 21 heavy (non-hydrogen) atoms. The maximum Gasteiger partial charge on any atom is 0.211 e. The molecule has 2 aliphatic rings. The van der Waals surface area contributed by atoms with E-state index < -0.39 is 10.0 Å². The molecule has 0 radical (unpaired) electrons. The second kappa shape index (κ2) is 7.40. The highest BCUT2D eigenvalue weighted by molar-refractivity contribution is 7.88. The molecule has 0 amide bonds. The van der Waals surface area contributed by atoms with Gasteiger partial charge in [-0.2, -0.15) is 0 Å². The van der Waals surface area contributed by atoms with Crippen LogP contribution in [0.25, 0.3) is 0 Å². The summed E-state index contributed by atoms with van der Waals surface area (Å²) in [6, 6.07) is 0.465. The van der Waals surface area contributed by atoms with Gasteiger partial charge in [-0.3, -0.25) is 4.90 Å². The minimum atomic E-state index is -3.06. The Morgan fingerprint density at radius 1 is 1.19 bits per heavy atom. The molecule has 2 heterocycles. The van der Waals surface area contributed by atoms with Crippen molar-refractivity contribution < 1.29 is 13.5 Å². The normalized spacial score (nSPS) is 31.2. The lowest BCUT2D eigenvalue weighted by atomic mass is 9.93. The Bertz CT molecular complexity index is 425. The number of hydrogen-bond acceptors (Lipinski definition) is 4. The average Bonchev–Trinajstić information content (AvgIpc) is 2.40. The first-order valence-electron chi connectivity index (χ1n) is 8.23. The Labute approximate surface area is 129 Å². The maximum atomic E-state index is 11.7. The molecule has 0 aromatic heterocycles. The van der Waals surface area contributed by atoms with Crippen LogP contribution >= 0.6 is 0 Å². The Morgan fingerprint density at radius 2 is 1.95 bits per heavy atom. The first kappa shape index (κ1) is 17.2. The molecule has 0 bridgehead atoms. The predicted octanol–water partition coefficient (Wildman–Crippen LogP) is 1.28. The van der Waals surface area contributed by atoms with E-state index in [4.69, 9.17) is 0 Å². The fourth-order valence-electron chi connectivity index (χ4n) is 3.77. The number of sulfonamides is 1. The molecule has 2 saturated heterocycles. The van der Waals surface area contributed by atoms with Gasteiger partial charge in [0, 0.05) is 25.7 Å². The van der Waals surface area contributed by atoms with Crippen LogP contribution in [0.15, 0.2) is 0 Å². The van der Waals surface area contributed by atoms with E-state index in [-0.39, 0.29) is 6.10 Å². The van der Waals surface area contributed by atoms with Gasteiger partial charge >= 0.3 is 0 Å². The van der Waals surface area contributed by atoms with E-state index in [1.807, 2.05) is 6.92 Å². The first-order chi connectivity index (χ1) is 9.86. The third-order valence-electron chi connectivity index (χ3n) is 4.81. The van der Waals surface area contributed by atoms with Crippen LogP contribution in [0.4, 0.5) is 0 Å². The first-order valence-corrected chi connectivity index (χ1v) is 10.1. The van der Waals surface area contributed by atoms with Crippen molar-refractivity contribution in [1.29, 1.82) is 0 Å². The molecule has 6 heteroatoms. The standard InChI is InChI=1S/C15H30N2O3S/c1-13(18)10-15-7-3-4-8-16(15)11-14-6-5-9-17(12-14)21(2,19)20/h13-15,18H,3-12H2,1-2H3. The molecule has 0 aromatic rings. The molecular weight excluding hydrogens is 288 g/mol. The molecule has 0 aliphatic carbocycles. The number of rotatable bonds is 5. The van der Waals surface area contributed by atoms with E-state index in [9.17, 15) is 13.5 Å². The molecule has 0 aromatic carbocycles. The Kier molecular flexibility index (Phi) is 6.05. The van der Waals surface area contributed by atoms with Crippen molar-refractivity contribution in [2.75, 3.05) is 32.4 Å². The van der Waals surface area contributed by atoms with Gasteiger partial charge in [0.1, 0.15) is 0 Å². The number of nitrogens with zero attached hydrogens (tertiary/aromatic N) is 2. The average molecular weight is 318 g/mol. The molecule has 124 valence electrons. The highest BCUT2D eigenvalue weighted by atomic mass is 32.2. The minimum absolute atomic E-state index is 0.255. The summed E-state index contributed by atoms with van der Waals surface area (Å²) in [5, 5.41) is 9.66. The summed E-state index contributed by atoms with van der Waals surface area (Å²) in [5.41, 5.74) is 0. The third kappa shape index (κ3) is 5.20. The van der Waals surface area contributed by atoms with E-state index >= 15 is 0 Å². The molecule has 0 spiro atoms. The van der Waals surface area contributed by atoms with Gasteiger partial charge in [0.05, 0.1) is 12.4 Å². The van der Waals surface area contributed by atoms with Crippen LogP contribution in [0.1, 0.15) is 45.4 Å². The molecule has 0 saturated carbocycles. The summed E-state index contributed by atoms with van der Waals surface area (Å²) < 4.78 is 25.1. The summed E-state index contributed by atoms with van der Waals surface area (Å²) >= 11 is 0. The van der Waals surface area contributed by atoms with Crippen LogP contribution in [0.5, 0.6) is 0 Å². The summed E-state index contributed by atoms with van der Waals surface area (Å²) in [4.78, 5) is 2.49. The SMILES string of the molecule is CC(O)CC1CCCCN1CC1CCCN(S(C)(=O)=O)C1. The number of piperidine rings is 2. The molecular formula is C15H30N2O3S. The number of likely N-dealkylation sites (tertiary alicyclic amines) is 1. The molecule has 2 aliphatic heterocycles. The molecule has 5 nitrogen and oxygen atoms in total. The summed E-state index contributed by atoms with van der Waals surface area (Å²) in [7, 11) is -3.06. The monoisotopic (exact) mass is 318 g/mol. The zero-order chi connectivity index (χ0) is 15.5. The van der Waals surface area contributed by atoms with Gasteiger partial charge < -0.3 is 5.11 Å². The maximum absolute atomic E-state index is 11.7. The van der Waals surface area contributed by atoms with E-state index in [0.29, 0.717) is 25.0 Å². The van der Waals surface area contributed by atoms with Gasteiger partial charge in [0.2, 0.25) is 10.0 Å². The fourth-order valence-corrected chi connectivity index (χ4v) is 4.71. The fraction of sp³-hybridized carbons (Fsp3) is 1.00. The minimum Gasteiger partial charge on any atom is -0.393 e. The third-order valence-corrected chi connectivity index (χ3v) is 6.08. The lowest BCUT2D eigenvalue weighted by molar-refractivity contribution is 0.0665. The van der Waals surface area contributed by atoms with E-state index in [0.717, 1.165) is 38.8 Å². The molecule has 1 N–H and O–H groups in total. The van der Waals surface area contributed by atoms with Crippen LogP contribution in [0.3, 0.4) is 0 Å². The molecule has 3 unspecified atom stereocenters. The number of aliphatic hydroxyl groups is 1. The van der Waals surface area contributed by atoms with Crippen LogP contribution in [-0.2, 0) is 10.0 Å². The van der Waals surface area contributed by atoms with Crippen molar-refractivity contribution in [3.05, 3.63) is 0 Å². The highest BCUT2D eigenvalue weighted by Gasteiger charge is 2.30. The van der Waals surface area contributed by atoms with Crippen molar-refractivity contribution in [3.8, 4) is 0 Å². The largest absolute Gasteiger partial charge is 0.393 e. The van der Waals surface area contributed by atoms with E-state index in [1.165, 1.54) is 19.1 Å². The van der Waals surface area contributed by atoms with Crippen LogP contribution in [0, 0.1) is 5.92 Å². The van der Waals surface area contributed by atoms with Crippen molar-refractivity contribution in [2.45, 2.75) is 57.6 Å². The zero-order valence-electron chi connectivity index (χ0n) is 13.4. The predicted molar refractivity (Wildman–Crippen MR) is 84.7 cm³/mol. The topological polar surface area (TPSA) is 60.9 Å². The Morgan fingerprint density at radius 3 is 2.62 bits per heavy atom. The Hall–Kier alpha value is -0.170. The van der Waals surface area contributed by atoms with Crippen LogP contribution < -0.4 is 0 Å². The lowest BCUT2D eigenvalue weighted by Gasteiger charge is -2.40. The number of hydrogen-bond donors (Lipinski definition) is 1.